The molecule has 0 saturated heterocycles. The highest BCUT2D eigenvalue weighted by Crippen LogP contribution is 2.08. The Bertz CT molecular complexity index is 575. The molecule has 1 N–H and O–H groups in total. The molecule has 1 rings (SSSR count). The maximum absolute atomic E-state index is 11.7. The molecule has 0 amide bonds. The SMILES string of the molecule is CCOC(=O)CCCCC(=O)OC(=O)c1ccc(C(=O)O)cc1. The minimum atomic E-state index is -1.11. The van der Waals surface area contributed by atoms with E-state index in [1.165, 1.54) is 24.3 Å². The number of benzene rings is 1. The molecule has 124 valence electrons. The number of carboxylic acid groups (broad SMARTS) is 1. The predicted molar refractivity (Wildman–Crippen MR) is 78.9 cm³/mol. The van der Waals surface area contributed by atoms with E-state index in [1.54, 1.807) is 6.92 Å². The molecule has 0 aliphatic rings. The fraction of sp³-hybridized carbons (Fsp3) is 0.375. The number of unbranched alkanes of at least 4 members (excludes halogenated alkanes) is 1. The van der Waals surface area contributed by atoms with Crippen molar-refractivity contribution in [2.45, 2.75) is 32.6 Å². The van der Waals surface area contributed by atoms with Crippen molar-refractivity contribution in [3.63, 3.8) is 0 Å². The molecule has 0 aliphatic carbocycles. The van der Waals surface area contributed by atoms with Crippen molar-refractivity contribution >= 4 is 23.9 Å². The van der Waals surface area contributed by atoms with Gasteiger partial charge in [0.1, 0.15) is 0 Å². The molecule has 0 aliphatic heterocycles. The lowest BCUT2D eigenvalue weighted by Crippen LogP contribution is -2.13. The number of carbonyl (C=O) groups excluding carboxylic acids is 3. The van der Waals surface area contributed by atoms with E-state index in [4.69, 9.17) is 9.84 Å². The molecule has 0 radical (unpaired) electrons. The second-order valence-corrected chi connectivity index (χ2v) is 4.66. The second-order valence-electron chi connectivity index (χ2n) is 4.66. The smallest absolute Gasteiger partial charge is 0.345 e. The largest absolute Gasteiger partial charge is 0.478 e. The van der Waals surface area contributed by atoms with Crippen LogP contribution in [0.15, 0.2) is 24.3 Å². The lowest BCUT2D eigenvalue weighted by atomic mass is 10.1. The predicted octanol–water partition coefficient (Wildman–Crippen LogP) is 2.19. The molecule has 0 heterocycles. The van der Waals surface area contributed by atoms with Gasteiger partial charge in [0.05, 0.1) is 17.7 Å². The molecule has 0 bridgehead atoms. The normalized spacial score (nSPS) is 9.96. The number of hydrogen-bond donors (Lipinski definition) is 1. The Morgan fingerprint density at radius 3 is 1.96 bits per heavy atom. The monoisotopic (exact) mass is 322 g/mol. The first-order chi connectivity index (χ1) is 10.9. The third-order valence-electron chi connectivity index (χ3n) is 2.89. The summed E-state index contributed by atoms with van der Waals surface area (Å²) >= 11 is 0. The van der Waals surface area contributed by atoms with Crippen LogP contribution in [0.5, 0.6) is 0 Å². The van der Waals surface area contributed by atoms with Crippen LogP contribution in [0.1, 0.15) is 53.3 Å². The summed E-state index contributed by atoms with van der Waals surface area (Å²) in [5.41, 5.74) is 0.127. The number of rotatable bonds is 8. The van der Waals surface area contributed by atoms with Crippen molar-refractivity contribution in [3.05, 3.63) is 35.4 Å². The molecular formula is C16H18O7. The van der Waals surface area contributed by atoms with E-state index in [1.807, 2.05) is 0 Å². The highest BCUT2D eigenvalue weighted by atomic mass is 16.6. The van der Waals surface area contributed by atoms with Crippen LogP contribution in [-0.4, -0.2) is 35.6 Å². The minimum Gasteiger partial charge on any atom is -0.478 e. The average molecular weight is 322 g/mol. The summed E-state index contributed by atoms with van der Waals surface area (Å²) in [6.07, 6.45) is 1.10. The van der Waals surface area contributed by atoms with Crippen molar-refractivity contribution in [1.82, 2.24) is 0 Å². The summed E-state index contributed by atoms with van der Waals surface area (Å²) in [5, 5.41) is 8.75. The summed E-state index contributed by atoms with van der Waals surface area (Å²) < 4.78 is 9.40. The van der Waals surface area contributed by atoms with Crippen LogP contribution >= 0.6 is 0 Å². The summed E-state index contributed by atoms with van der Waals surface area (Å²) in [7, 11) is 0. The second kappa shape index (κ2) is 9.34. The van der Waals surface area contributed by atoms with E-state index in [-0.39, 0.29) is 29.9 Å². The zero-order chi connectivity index (χ0) is 17.2. The van der Waals surface area contributed by atoms with Gasteiger partial charge < -0.3 is 14.6 Å². The van der Waals surface area contributed by atoms with E-state index in [0.29, 0.717) is 19.4 Å². The molecule has 0 aromatic heterocycles. The third kappa shape index (κ3) is 6.73. The summed E-state index contributed by atoms with van der Waals surface area (Å²) in [5.74, 6) is -2.96. The Kier molecular flexibility index (Phi) is 7.45. The molecule has 0 fully saturated rings. The van der Waals surface area contributed by atoms with E-state index >= 15 is 0 Å². The maximum Gasteiger partial charge on any atom is 0.345 e. The number of carboxylic acids is 1. The molecule has 1 aromatic carbocycles. The molecular weight excluding hydrogens is 304 g/mol. The molecule has 0 saturated carbocycles. The summed E-state index contributed by atoms with van der Waals surface area (Å²) in [4.78, 5) is 45.0. The van der Waals surface area contributed by atoms with Gasteiger partial charge in [0.25, 0.3) is 0 Å². The molecule has 7 nitrogen and oxygen atoms in total. The first kappa shape index (κ1) is 18.3. The number of carbonyl (C=O) groups is 4. The van der Waals surface area contributed by atoms with Crippen molar-refractivity contribution in [3.8, 4) is 0 Å². The van der Waals surface area contributed by atoms with Crippen LogP contribution in [0, 0.1) is 0 Å². The van der Waals surface area contributed by atoms with Crippen molar-refractivity contribution in [1.29, 1.82) is 0 Å². The van der Waals surface area contributed by atoms with Gasteiger partial charge in [-0.1, -0.05) is 0 Å². The molecule has 0 spiro atoms. The molecule has 0 atom stereocenters. The third-order valence-corrected chi connectivity index (χ3v) is 2.89. The Morgan fingerprint density at radius 1 is 0.913 bits per heavy atom. The fourth-order valence-corrected chi connectivity index (χ4v) is 1.73. The molecule has 0 unspecified atom stereocenters. The van der Waals surface area contributed by atoms with Gasteiger partial charge in [-0.2, -0.15) is 0 Å². The van der Waals surface area contributed by atoms with Gasteiger partial charge in [-0.05, 0) is 44.0 Å². The van der Waals surface area contributed by atoms with Crippen molar-refractivity contribution < 1.29 is 33.8 Å². The lowest BCUT2D eigenvalue weighted by molar-refractivity contribution is -0.144. The minimum absolute atomic E-state index is 0.0123. The number of hydrogen-bond acceptors (Lipinski definition) is 6. The molecule has 23 heavy (non-hydrogen) atoms. The number of ether oxygens (including phenoxy) is 2. The van der Waals surface area contributed by atoms with Crippen LogP contribution in [0.4, 0.5) is 0 Å². The van der Waals surface area contributed by atoms with Crippen LogP contribution < -0.4 is 0 Å². The van der Waals surface area contributed by atoms with Crippen LogP contribution in [0.3, 0.4) is 0 Å². The van der Waals surface area contributed by atoms with Crippen LogP contribution in [0.25, 0.3) is 0 Å². The number of esters is 3. The van der Waals surface area contributed by atoms with E-state index in [0.717, 1.165) is 0 Å². The van der Waals surface area contributed by atoms with Crippen LogP contribution in [-0.2, 0) is 19.1 Å². The zero-order valence-corrected chi connectivity index (χ0v) is 12.7. The Labute approximate surface area is 133 Å². The van der Waals surface area contributed by atoms with Gasteiger partial charge in [-0.3, -0.25) is 9.59 Å². The topological polar surface area (TPSA) is 107 Å². The Balaban J connectivity index is 2.34. The van der Waals surface area contributed by atoms with E-state index < -0.39 is 17.9 Å². The average Bonchev–Trinajstić information content (AvgIpc) is 2.52. The number of aromatic carboxylic acids is 1. The zero-order valence-electron chi connectivity index (χ0n) is 12.7. The standard InChI is InChI=1S/C16H18O7/c1-2-22-13(17)5-3-4-6-14(18)23-16(21)12-9-7-11(8-10-12)15(19)20/h7-10H,2-6H2,1H3,(H,19,20). The summed E-state index contributed by atoms with van der Waals surface area (Å²) in [6, 6.07) is 5.06. The van der Waals surface area contributed by atoms with Gasteiger partial charge in [0, 0.05) is 12.8 Å². The van der Waals surface area contributed by atoms with Gasteiger partial charge >= 0.3 is 23.9 Å². The Hall–Kier alpha value is -2.70. The quantitative estimate of drug-likeness (QED) is 0.444. The lowest BCUT2D eigenvalue weighted by Gasteiger charge is -2.04. The first-order valence-electron chi connectivity index (χ1n) is 7.18. The van der Waals surface area contributed by atoms with E-state index in [2.05, 4.69) is 4.74 Å². The van der Waals surface area contributed by atoms with Gasteiger partial charge in [-0.15, -0.1) is 0 Å². The van der Waals surface area contributed by atoms with Gasteiger partial charge in [0.2, 0.25) is 0 Å². The first-order valence-corrected chi connectivity index (χ1v) is 7.18. The fourth-order valence-electron chi connectivity index (χ4n) is 1.73. The van der Waals surface area contributed by atoms with Crippen LogP contribution in [0.2, 0.25) is 0 Å². The van der Waals surface area contributed by atoms with Crippen molar-refractivity contribution in [2.24, 2.45) is 0 Å². The highest BCUT2D eigenvalue weighted by molar-refractivity contribution is 5.97. The molecule has 1 aromatic rings. The highest BCUT2D eigenvalue weighted by Gasteiger charge is 2.14. The maximum atomic E-state index is 11.7. The van der Waals surface area contributed by atoms with Crippen molar-refractivity contribution in [2.75, 3.05) is 6.61 Å². The van der Waals surface area contributed by atoms with E-state index in [9.17, 15) is 19.2 Å². The van der Waals surface area contributed by atoms with Gasteiger partial charge in [0.15, 0.2) is 0 Å². The Morgan fingerprint density at radius 2 is 1.43 bits per heavy atom. The molecule has 7 heteroatoms. The van der Waals surface area contributed by atoms with Gasteiger partial charge in [-0.25, -0.2) is 9.59 Å². The summed E-state index contributed by atoms with van der Waals surface area (Å²) in [6.45, 7) is 2.03.